The molecule has 6 rings (SSSR count). The van der Waals surface area contributed by atoms with Crippen molar-refractivity contribution in [2.75, 3.05) is 25.1 Å². The zero-order valence-electron chi connectivity index (χ0n) is 22.8. The Balaban J connectivity index is 1.52. The summed E-state index contributed by atoms with van der Waals surface area (Å²) in [6.45, 7) is 2.18. The van der Waals surface area contributed by atoms with E-state index in [1.165, 1.54) is 17.6 Å². The van der Waals surface area contributed by atoms with Crippen LogP contribution in [0.3, 0.4) is 0 Å². The molecule has 0 radical (unpaired) electrons. The Morgan fingerprint density at radius 2 is 1.57 bits per heavy atom. The molecule has 1 N–H and O–H groups in total. The summed E-state index contributed by atoms with van der Waals surface area (Å²) in [7, 11) is 1.42. The van der Waals surface area contributed by atoms with Crippen LogP contribution in [0.25, 0.3) is 11.1 Å². The number of ether oxygens (including phenoxy) is 1. The van der Waals surface area contributed by atoms with E-state index < -0.39 is 5.92 Å². The average molecular weight is 621 g/mol. The van der Waals surface area contributed by atoms with Gasteiger partial charge in [0.1, 0.15) is 0 Å². The number of carbonyl (C=O) groups is 2. The Labute approximate surface area is 259 Å². The molecule has 0 spiro atoms. The molecule has 0 bridgehead atoms. The Morgan fingerprint density at radius 3 is 2.29 bits per heavy atom. The third-order valence-electron chi connectivity index (χ3n) is 8.01. The Bertz CT molecular complexity index is 1640. The molecule has 0 saturated carbocycles. The van der Waals surface area contributed by atoms with Crippen molar-refractivity contribution in [1.29, 1.82) is 0 Å². The molecule has 2 atom stereocenters. The number of urea groups is 1. The number of nitrogens with zero attached hydrogens (tertiary/aromatic N) is 2. The molecule has 2 aliphatic heterocycles. The van der Waals surface area contributed by atoms with Gasteiger partial charge in [-0.15, -0.1) is 0 Å². The summed E-state index contributed by atoms with van der Waals surface area (Å²) in [6.07, 6.45) is 0. The summed E-state index contributed by atoms with van der Waals surface area (Å²) in [5.74, 6) is -0.858. The van der Waals surface area contributed by atoms with Gasteiger partial charge in [-0.05, 0) is 41.0 Å². The molecule has 2 amide bonds. The van der Waals surface area contributed by atoms with Crippen LogP contribution in [-0.2, 0) is 22.6 Å². The number of para-hydroxylation sites is 1. The van der Waals surface area contributed by atoms with Gasteiger partial charge in [-0.25, -0.2) is 4.79 Å². The van der Waals surface area contributed by atoms with E-state index >= 15 is 0 Å². The van der Waals surface area contributed by atoms with E-state index in [0.717, 1.165) is 22.3 Å². The van der Waals surface area contributed by atoms with Crippen LogP contribution in [0.1, 0.15) is 22.6 Å². The van der Waals surface area contributed by atoms with Crippen LogP contribution < -0.4 is 10.2 Å². The predicted octanol–water partition coefficient (Wildman–Crippen LogP) is 8.06. The molecule has 214 valence electrons. The van der Waals surface area contributed by atoms with Gasteiger partial charge in [-0.2, -0.15) is 0 Å². The lowest BCUT2D eigenvalue weighted by atomic mass is 9.84. The Hall–Kier alpha value is -3.55. The standard InChI is InChI=1S/C33H28Cl3N3O3/c1-42-32(40)26-19-38(17-20-8-3-2-4-9-20)18-25(26)21-14-23(22-10-5-6-11-27(22)34)24-16-37-33(41)39(30(24)15-21)31-28(35)12-7-13-29(31)36/h2-15,25-26H,16-19H2,1H3,(H,37,41)/t25?,26-/m0/s1. The maximum atomic E-state index is 13.5. The Kier molecular flexibility index (Phi) is 8.15. The fourth-order valence-corrected chi connectivity index (χ4v) is 6.86. The molecule has 2 aliphatic rings. The lowest BCUT2D eigenvalue weighted by molar-refractivity contribution is -0.145. The third kappa shape index (κ3) is 5.36. The first-order chi connectivity index (χ1) is 20.4. The predicted molar refractivity (Wildman–Crippen MR) is 168 cm³/mol. The first-order valence-corrected chi connectivity index (χ1v) is 14.8. The van der Waals surface area contributed by atoms with E-state index in [9.17, 15) is 9.59 Å². The van der Waals surface area contributed by atoms with Crippen LogP contribution in [0.2, 0.25) is 15.1 Å². The van der Waals surface area contributed by atoms with Gasteiger partial charge in [0, 0.05) is 48.2 Å². The fraction of sp³-hybridized carbons (Fsp3) is 0.212. The number of methoxy groups -OCH3 is 1. The summed E-state index contributed by atoms with van der Waals surface area (Å²) in [6, 6.07) is 26.7. The second-order valence-corrected chi connectivity index (χ2v) is 11.7. The number of esters is 1. The lowest BCUT2D eigenvalue weighted by Gasteiger charge is -2.34. The molecule has 0 aromatic heterocycles. The van der Waals surface area contributed by atoms with Crippen molar-refractivity contribution < 1.29 is 14.3 Å². The molecular formula is C33H28Cl3N3O3. The first kappa shape index (κ1) is 28.6. The maximum Gasteiger partial charge on any atom is 0.326 e. The van der Waals surface area contributed by atoms with Gasteiger partial charge in [0.2, 0.25) is 0 Å². The first-order valence-electron chi connectivity index (χ1n) is 13.6. The minimum atomic E-state index is -0.398. The van der Waals surface area contributed by atoms with Crippen molar-refractivity contribution in [3.63, 3.8) is 0 Å². The summed E-state index contributed by atoms with van der Waals surface area (Å²) >= 11 is 20.0. The summed E-state index contributed by atoms with van der Waals surface area (Å²) < 4.78 is 5.27. The average Bonchev–Trinajstić information content (AvgIpc) is 3.41. The SMILES string of the molecule is COC(=O)[C@H]1CN(Cc2ccccc2)CC1c1cc(-c2ccccc2Cl)c2c(c1)N(c1c(Cl)cccc1Cl)C(=O)NC2. The second kappa shape index (κ2) is 12.0. The number of halogens is 3. The number of rotatable bonds is 6. The number of amides is 2. The summed E-state index contributed by atoms with van der Waals surface area (Å²) in [4.78, 5) is 30.4. The van der Waals surface area contributed by atoms with Gasteiger partial charge in [0.05, 0.1) is 34.4 Å². The topological polar surface area (TPSA) is 61.9 Å². The smallest absolute Gasteiger partial charge is 0.326 e. The van der Waals surface area contributed by atoms with Gasteiger partial charge in [-0.1, -0.05) is 95.5 Å². The zero-order chi connectivity index (χ0) is 29.4. The Morgan fingerprint density at radius 1 is 0.881 bits per heavy atom. The second-order valence-electron chi connectivity index (χ2n) is 10.5. The minimum Gasteiger partial charge on any atom is -0.469 e. The van der Waals surface area contributed by atoms with Crippen molar-refractivity contribution >= 4 is 58.2 Å². The van der Waals surface area contributed by atoms with Gasteiger partial charge in [-0.3, -0.25) is 14.6 Å². The highest BCUT2D eigenvalue weighted by Crippen LogP contribution is 2.47. The van der Waals surface area contributed by atoms with E-state index in [4.69, 9.17) is 39.5 Å². The number of benzene rings is 4. The molecule has 9 heteroatoms. The highest BCUT2D eigenvalue weighted by atomic mass is 35.5. The largest absolute Gasteiger partial charge is 0.469 e. The number of fused-ring (bicyclic) bond motifs is 1. The van der Waals surface area contributed by atoms with Crippen LogP contribution >= 0.6 is 34.8 Å². The molecule has 6 nitrogen and oxygen atoms in total. The van der Waals surface area contributed by atoms with E-state index in [0.29, 0.717) is 52.6 Å². The van der Waals surface area contributed by atoms with Gasteiger partial charge in [0.15, 0.2) is 0 Å². The van der Waals surface area contributed by atoms with Crippen LogP contribution in [0.5, 0.6) is 0 Å². The van der Waals surface area contributed by atoms with Crippen molar-refractivity contribution in [1.82, 2.24) is 10.2 Å². The molecule has 0 aliphatic carbocycles. The number of carbonyl (C=O) groups excluding carboxylic acids is 2. The van der Waals surface area contributed by atoms with Crippen LogP contribution in [0, 0.1) is 5.92 Å². The summed E-state index contributed by atoms with van der Waals surface area (Å²) in [5.41, 5.74) is 5.67. The molecule has 2 heterocycles. The van der Waals surface area contributed by atoms with Crippen LogP contribution in [0.4, 0.5) is 16.2 Å². The van der Waals surface area contributed by atoms with Gasteiger partial charge >= 0.3 is 12.0 Å². The molecule has 1 fully saturated rings. The number of nitrogens with one attached hydrogen (secondary N) is 1. The molecule has 1 unspecified atom stereocenters. The maximum absolute atomic E-state index is 13.5. The van der Waals surface area contributed by atoms with Crippen molar-refractivity contribution in [2.24, 2.45) is 5.92 Å². The van der Waals surface area contributed by atoms with Crippen molar-refractivity contribution in [2.45, 2.75) is 19.0 Å². The number of likely N-dealkylation sites (tertiary alicyclic amines) is 1. The summed E-state index contributed by atoms with van der Waals surface area (Å²) in [5, 5.41) is 4.25. The minimum absolute atomic E-state index is 0.193. The highest BCUT2D eigenvalue weighted by Gasteiger charge is 2.41. The fourth-order valence-electron chi connectivity index (χ4n) is 6.06. The normalized spacial score (nSPS) is 18.5. The number of hydrogen-bond acceptors (Lipinski definition) is 4. The molecule has 1 saturated heterocycles. The van der Waals surface area contributed by atoms with Gasteiger partial charge < -0.3 is 10.1 Å². The molecule has 4 aromatic rings. The van der Waals surface area contributed by atoms with E-state index in [-0.39, 0.29) is 17.9 Å². The monoisotopic (exact) mass is 619 g/mol. The molecular weight excluding hydrogens is 593 g/mol. The quantitative estimate of drug-likeness (QED) is 0.222. The lowest BCUT2D eigenvalue weighted by Crippen LogP contribution is -2.42. The third-order valence-corrected chi connectivity index (χ3v) is 8.95. The van der Waals surface area contributed by atoms with E-state index in [1.54, 1.807) is 18.2 Å². The van der Waals surface area contributed by atoms with Crippen LogP contribution in [0.15, 0.2) is 84.9 Å². The van der Waals surface area contributed by atoms with Crippen LogP contribution in [-0.4, -0.2) is 37.1 Å². The zero-order valence-corrected chi connectivity index (χ0v) is 25.1. The van der Waals surface area contributed by atoms with Gasteiger partial charge in [0.25, 0.3) is 0 Å². The number of hydrogen-bond donors (Lipinski definition) is 1. The van der Waals surface area contributed by atoms with Crippen molar-refractivity contribution in [3.8, 4) is 11.1 Å². The van der Waals surface area contributed by atoms with E-state index in [2.05, 4.69) is 28.4 Å². The van der Waals surface area contributed by atoms with E-state index in [1.807, 2.05) is 48.5 Å². The van der Waals surface area contributed by atoms with Crippen molar-refractivity contribution in [3.05, 3.63) is 117 Å². The highest BCUT2D eigenvalue weighted by molar-refractivity contribution is 6.40. The molecule has 4 aromatic carbocycles. The number of anilines is 2. The molecule has 42 heavy (non-hydrogen) atoms.